The lowest BCUT2D eigenvalue weighted by atomic mass is 10.1. The molecule has 0 atom stereocenters. The highest BCUT2D eigenvalue weighted by Crippen LogP contribution is 2.25. The third-order valence-electron chi connectivity index (χ3n) is 3.71. The van der Waals surface area contributed by atoms with Crippen LogP contribution in [-0.4, -0.2) is 22.9 Å². The van der Waals surface area contributed by atoms with Crippen LogP contribution in [0.1, 0.15) is 21.6 Å². The van der Waals surface area contributed by atoms with Crippen LogP contribution >= 0.6 is 22.9 Å². The summed E-state index contributed by atoms with van der Waals surface area (Å²) in [7, 11) is 1.54. The van der Waals surface area contributed by atoms with Crippen LogP contribution < -0.4 is 4.74 Å². The number of amides is 1. The SMILES string of the molecule is COc1ccc(Cl)cc1C(=O)N(Cc1ccsc1)Cc1ccccn1. The number of methoxy groups -OCH3 is 1. The molecule has 128 valence electrons. The number of carbonyl (C=O) groups excluding carboxylic acids is 1. The van der Waals surface area contributed by atoms with Crippen LogP contribution in [0.3, 0.4) is 0 Å². The lowest BCUT2D eigenvalue weighted by Gasteiger charge is -2.23. The normalized spacial score (nSPS) is 10.5. The van der Waals surface area contributed by atoms with Crippen molar-refractivity contribution in [3.05, 3.63) is 81.3 Å². The Morgan fingerprint density at radius 2 is 2.12 bits per heavy atom. The van der Waals surface area contributed by atoms with E-state index in [0.29, 0.717) is 29.4 Å². The van der Waals surface area contributed by atoms with E-state index in [2.05, 4.69) is 4.98 Å². The highest BCUT2D eigenvalue weighted by atomic mass is 35.5. The molecule has 0 unspecified atom stereocenters. The third-order valence-corrected chi connectivity index (χ3v) is 4.68. The summed E-state index contributed by atoms with van der Waals surface area (Å²) in [5.41, 5.74) is 2.35. The molecule has 1 amide bonds. The molecule has 0 fully saturated rings. The zero-order chi connectivity index (χ0) is 17.6. The molecule has 3 aromatic rings. The van der Waals surface area contributed by atoms with Gasteiger partial charge in [0.25, 0.3) is 5.91 Å². The molecule has 0 aliphatic carbocycles. The highest BCUT2D eigenvalue weighted by Gasteiger charge is 2.21. The molecular formula is C19H17ClN2O2S. The summed E-state index contributed by atoms with van der Waals surface area (Å²) in [4.78, 5) is 19.3. The molecule has 0 bridgehead atoms. The summed E-state index contributed by atoms with van der Waals surface area (Å²) in [5, 5.41) is 4.53. The molecule has 25 heavy (non-hydrogen) atoms. The van der Waals surface area contributed by atoms with Gasteiger partial charge in [0.1, 0.15) is 5.75 Å². The number of thiophene rings is 1. The van der Waals surface area contributed by atoms with Crippen molar-refractivity contribution < 1.29 is 9.53 Å². The van der Waals surface area contributed by atoms with Crippen LogP contribution in [0.25, 0.3) is 0 Å². The Morgan fingerprint density at radius 3 is 2.80 bits per heavy atom. The molecule has 3 rings (SSSR count). The largest absolute Gasteiger partial charge is 0.496 e. The molecule has 6 heteroatoms. The number of hydrogen-bond acceptors (Lipinski definition) is 4. The fourth-order valence-corrected chi connectivity index (χ4v) is 3.34. The first-order valence-corrected chi connectivity index (χ1v) is 9.03. The average Bonchev–Trinajstić information content (AvgIpc) is 3.14. The Balaban J connectivity index is 1.92. The van der Waals surface area contributed by atoms with E-state index in [1.807, 2.05) is 35.0 Å². The predicted octanol–water partition coefficient (Wildman–Crippen LogP) is 4.65. The topological polar surface area (TPSA) is 42.4 Å². The second kappa shape index (κ2) is 8.14. The van der Waals surface area contributed by atoms with Crippen molar-refractivity contribution in [3.8, 4) is 5.75 Å². The summed E-state index contributed by atoms with van der Waals surface area (Å²) >= 11 is 7.69. The number of carbonyl (C=O) groups is 1. The molecule has 0 radical (unpaired) electrons. The summed E-state index contributed by atoms with van der Waals surface area (Å²) in [6.07, 6.45) is 1.72. The van der Waals surface area contributed by atoms with E-state index < -0.39 is 0 Å². The Hall–Kier alpha value is -2.37. The molecule has 4 nitrogen and oxygen atoms in total. The van der Waals surface area contributed by atoms with E-state index in [-0.39, 0.29) is 5.91 Å². The van der Waals surface area contributed by atoms with Gasteiger partial charge in [0.15, 0.2) is 0 Å². The molecule has 0 spiro atoms. The number of aromatic nitrogens is 1. The molecular weight excluding hydrogens is 356 g/mol. The van der Waals surface area contributed by atoms with Gasteiger partial charge in [-0.15, -0.1) is 0 Å². The van der Waals surface area contributed by atoms with E-state index in [9.17, 15) is 4.79 Å². The molecule has 0 aliphatic heterocycles. The van der Waals surface area contributed by atoms with Crippen LogP contribution in [0.5, 0.6) is 5.75 Å². The quantitative estimate of drug-likeness (QED) is 0.632. The second-order valence-corrected chi connectivity index (χ2v) is 6.67. The minimum atomic E-state index is -0.142. The van der Waals surface area contributed by atoms with Crippen molar-refractivity contribution in [1.82, 2.24) is 9.88 Å². The zero-order valence-corrected chi connectivity index (χ0v) is 15.3. The van der Waals surface area contributed by atoms with E-state index >= 15 is 0 Å². The number of halogens is 1. The maximum atomic E-state index is 13.2. The van der Waals surface area contributed by atoms with Gasteiger partial charge in [-0.05, 0) is 52.7 Å². The fraction of sp³-hybridized carbons (Fsp3) is 0.158. The van der Waals surface area contributed by atoms with Crippen molar-refractivity contribution in [3.63, 3.8) is 0 Å². The van der Waals surface area contributed by atoms with E-state index in [1.165, 1.54) is 0 Å². The molecule has 1 aromatic carbocycles. The van der Waals surface area contributed by atoms with Gasteiger partial charge in [0.05, 0.1) is 24.9 Å². The number of benzene rings is 1. The van der Waals surface area contributed by atoms with Crippen LogP contribution in [0.4, 0.5) is 0 Å². The van der Waals surface area contributed by atoms with Crippen molar-refractivity contribution >= 4 is 28.8 Å². The molecule has 2 aromatic heterocycles. The number of hydrogen-bond donors (Lipinski definition) is 0. The Labute approximate surface area is 155 Å². The molecule has 2 heterocycles. The van der Waals surface area contributed by atoms with Crippen LogP contribution in [0, 0.1) is 0 Å². The van der Waals surface area contributed by atoms with E-state index in [4.69, 9.17) is 16.3 Å². The first-order chi connectivity index (χ1) is 12.2. The molecule has 0 aliphatic rings. The zero-order valence-electron chi connectivity index (χ0n) is 13.7. The van der Waals surface area contributed by atoms with Crippen LogP contribution in [-0.2, 0) is 13.1 Å². The number of rotatable bonds is 6. The average molecular weight is 373 g/mol. The van der Waals surface area contributed by atoms with Crippen LogP contribution in [0.15, 0.2) is 59.4 Å². The minimum Gasteiger partial charge on any atom is -0.496 e. The minimum absolute atomic E-state index is 0.142. The number of ether oxygens (including phenoxy) is 1. The van der Waals surface area contributed by atoms with E-state index in [1.54, 1.807) is 47.7 Å². The van der Waals surface area contributed by atoms with Gasteiger partial charge >= 0.3 is 0 Å². The van der Waals surface area contributed by atoms with Gasteiger partial charge in [-0.1, -0.05) is 17.7 Å². The van der Waals surface area contributed by atoms with Gasteiger partial charge in [-0.25, -0.2) is 0 Å². The Bertz CT molecular complexity index is 838. The third kappa shape index (κ3) is 4.38. The van der Waals surface area contributed by atoms with Crippen molar-refractivity contribution in [1.29, 1.82) is 0 Å². The Kier molecular flexibility index (Phi) is 5.68. The van der Waals surface area contributed by atoms with Gasteiger partial charge in [-0.3, -0.25) is 9.78 Å². The van der Waals surface area contributed by atoms with E-state index in [0.717, 1.165) is 11.3 Å². The van der Waals surface area contributed by atoms with Crippen molar-refractivity contribution in [2.45, 2.75) is 13.1 Å². The van der Waals surface area contributed by atoms with Gasteiger partial charge in [0, 0.05) is 17.8 Å². The summed E-state index contributed by atoms with van der Waals surface area (Å²) in [5.74, 6) is 0.363. The van der Waals surface area contributed by atoms with Crippen molar-refractivity contribution in [2.75, 3.05) is 7.11 Å². The first kappa shape index (κ1) is 17.5. The summed E-state index contributed by atoms with van der Waals surface area (Å²) in [6, 6.07) is 12.7. The van der Waals surface area contributed by atoms with Gasteiger partial charge in [0.2, 0.25) is 0 Å². The fourth-order valence-electron chi connectivity index (χ4n) is 2.51. The maximum Gasteiger partial charge on any atom is 0.258 e. The molecule has 0 saturated carbocycles. The number of nitrogens with zero attached hydrogens (tertiary/aromatic N) is 2. The van der Waals surface area contributed by atoms with Gasteiger partial charge in [-0.2, -0.15) is 11.3 Å². The van der Waals surface area contributed by atoms with Crippen LogP contribution in [0.2, 0.25) is 5.02 Å². The Morgan fingerprint density at radius 1 is 1.24 bits per heavy atom. The predicted molar refractivity (Wildman–Crippen MR) is 100 cm³/mol. The molecule has 0 N–H and O–H groups in total. The maximum absolute atomic E-state index is 13.2. The summed E-state index contributed by atoms with van der Waals surface area (Å²) in [6.45, 7) is 0.903. The standard InChI is InChI=1S/C19H17ClN2O2S/c1-24-18-6-5-15(20)10-17(18)19(23)22(11-14-7-9-25-13-14)12-16-4-2-3-8-21-16/h2-10,13H,11-12H2,1H3. The van der Waals surface area contributed by atoms with Gasteiger partial charge < -0.3 is 9.64 Å². The lowest BCUT2D eigenvalue weighted by molar-refractivity contribution is 0.0724. The molecule has 0 saturated heterocycles. The lowest BCUT2D eigenvalue weighted by Crippen LogP contribution is -2.30. The summed E-state index contributed by atoms with van der Waals surface area (Å²) < 4.78 is 5.34. The number of pyridine rings is 1. The smallest absolute Gasteiger partial charge is 0.258 e. The first-order valence-electron chi connectivity index (χ1n) is 7.71. The van der Waals surface area contributed by atoms with Crippen molar-refractivity contribution in [2.24, 2.45) is 0 Å². The second-order valence-electron chi connectivity index (χ2n) is 5.46. The monoisotopic (exact) mass is 372 g/mol. The highest BCUT2D eigenvalue weighted by molar-refractivity contribution is 7.07.